The van der Waals surface area contributed by atoms with Crippen LogP contribution < -0.4 is 5.32 Å². The molecule has 0 spiro atoms. The molecule has 2 saturated carbocycles. The fraction of sp³-hybridized carbons (Fsp3) is 0.848. The third-order valence-electron chi connectivity index (χ3n) is 12.2. The van der Waals surface area contributed by atoms with Crippen LogP contribution in [0.3, 0.4) is 0 Å². The van der Waals surface area contributed by atoms with Crippen LogP contribution in [-0.4, -0.2) is 25.7 Å². The molecule has 0 aromatic heterocycles. The number of likely N-dealkylation sites (N-methyl/N-ethyl adjacent to an activating group) is 1. The largest absolute Gasteiger partial charge is 0.461 e. The highest BCUT2D eigenvalue weighted by Gasteiger charge is 2.63. The SMILES string of the molecule is CNCC(=O)O[C@H]1CC[C@]2(C)C3=C(CCC2C1(C)C)[C@]1(C)CC[C@H]([C@H](C)CCC=C(C)C)[C@@]1(C)CC3. The molecule has 0 aliphatic heterocycles. The van der Waals surface area contributed by atoms with E-state index in [9.17, 15) is 4.79 Å². The van der Waals surface area contributed by atoms with E-state index in [-0.39, 0.29) is 22.9 Å². The van der Waals surface area contributed by atoms with Gasteiger partial charge in [0.1, 0.15) is 6.10 Å². The van der Waals surface area contributed by atoms with Crippen LogP contribution in [0, 0.1) is 39.4 Å². The lowest BCUT2D eigenvalue weighted by Gasteiger charge is -2.62. The highest BCUT2D eigenvalue weighted by atomic mass is 16.5. The van der Waals surface area contributed by atoms with Gasteiger partial charge in [-0.05, 0) is 119 Å². The summed E-state index contributed by atoms with van der Waals surface area (Å²) in [5, 5.41) is 2.96. The zero-order valence-corrected chi connectivity index (χ0v) is 25.0. The van der Waals surface area contributed by atoms with Gasteiger partial charge in [0.05, 0.1) is 6.54 Å². The van der Waals surface area contributed by atoms with E-state index in [1.54, 1.807) is 0 Å². The summed E-state index contributed by atoms with van der Waals surface area (Å²) in [4.78, 5) is 12.4. The van der Waals surface area contributed by atoms with Crippen LogP contribution >= 0.6 is 0 Å². The summed E-state index contributed by atoms with van der Waals surface area (Å²) in [6, 6.07) is 0. The van der Waals surface area contributed by atoms with Gasteiger partial charge in [-0.2, -0.15) is 0 Å². The molecule has 3 heteroatoms. The molecule has 0 aromatic rings. The highest BCUT2D eigenvalue weighted by molar-refractivity contribution is 5.71. The molecule has 36 heavy (non-hydrogen) atoms. The van der Waals surface area contributed by atoms with E-state index in [4.69, 9.17) is 4.74 Å². The molecule has 1 unspecified atom stereocenters. The van der Waals surface area contributed by atoms with Crippen molar-refractivity contribution in [2.45, 2.75) is 126 Å². The Morgan fingerprint density at radius 1 is 1.03 bits per heavy atom. The van der Waals surface area contributed by atoms with Gasteiger partial charge in [-0.3, -0.25) is 4.79 Å². The minimum absolute atomic E-state index is 0.00817. The average Bonchev–Trinajstić information content (AvgIpc) is 3.07. The topological polar surface area (TPSA) is 38.3 Å². The number of rotatable bonds is 7. The van der Waals surface area contributed by atoms with Crippen LogP contribution in [0.4, 0.5) is 0 Å². The zero-order valence-electron chi connectivity index (χ0n) is 25.0. The van der Waals surface area contributed by atoms with Gasteiger partial charge in [0.15, 0.2) is 0 Å². The predicted octanol–water partition coefficient (Wildman–Crippen LogP) is 8.25. The van der Waals surface area contributed by atoms with Crippen LogP contribution in [0.15, 0.2) is 22.8 Å². The number of nitrogens with one attached hydrogen (secondary N) is 1. The second-order valence-electron chi connectivity index (χ2n) is 14.6. The fourth-order valence-electron chi connectivity index (χ4n) is 10.0. The zero-order chi connectivity index (χ0) is 26.5. The molecule has 0 bridgehead atoms. The van der Waals surface area contributed by atoms with E-state index in [1.165, 1.54) is 56.9 Å². The monoisotopic (exact) mass is 497 g/mol. The van der Waals surface area contributed by atoms with Gasteiger partial charge >= 0.3 is 5.97 Å². The third-order valence-corrected chi connectivity index (χ3v) is 12.2. The van der Waals surface area contributed by atoms with E-state index in [1.807, 2.05) is 18.2 Å². The molecule has 7 atom stereocenters. The molecule has 0 radical (unpaired) electrons. The lowest BCUT2D eigenvalue weighted by atomic mass is 9.43. The van der Waals surface area contributed by atoms with E-state index in [0.29, 0.717) is 23.3 Å². The summed E-state index contributed by atoms with van der Waals surface area (Å²) < 4.78 is 6.05. The molecular formula is C33H55NO2. The molecule has 2 fully saturated rings. The second-order valence-corrected chi connectivity index (χ2v) is 14.6. The maximum Gasteiger partial charge on any atom is 0.320 e. The van der Waals surface area contributed by atoms with Crippen LogP contribution in [0.2, 0.25) is 0 Å². The second kappa shape index (κ2) is 9.90. The number of carbonyl (C=O) groups is 1. The van der Waals surface area contributed by atoms with Crippen molar-refractivity contribution in [3.05, 3.63) is 22.8 Å². The van der Waals surface area contributed by atoms with E-state index in [0.717, 1.165) is 24.7 Å². The van der Waals surface area contributed by atoms with E-state index in [2.05, 4.69) is 66.8 Å². The van der Waals surface area contributed by atoms with Crippen molar-refractivity contribution < 1.29 is 9.53 Å². The summed E-state index contributed by atoms with van der Waals surface area (Å²) >= 11 is 0. The van der Waals surface area contributed by atoms with Crippen LogP contribution in [0.1, 0.15) is 120 Å². The van der Waals surface area contributed by atoms with Crippen molar-refractivity contribution in [2.75, 3.05) is 13.6 Å². The number of fused-ring (bicyclic) bond motifs is 4. The van der Waals surface area contributed by atoms with E-state index < -0.39 is 0 Å². The molecule has 4 aliphatic rings. The number of allylic oxidation sites excluding steroid dienone is 4. The van der Waals surface area contributed by atoms with Crippen molar-refractivity contribution in [1.29, 1.82) is 0 Å². The Morgan fingerprint density at radius 2 is 1.75 bits per heavy atom. The summed E-state index contributed by atoms with van der Waals surface area (Å²) in [5.41, 5.74) is 6.17. The Balaban J connectivity index is 1.59. The first kappa shape index (κ1) is 27.9. The first-order valence-corrected chi connectivity index (χ1v) is 15.0. The number of esters is 1. The van der Waals surface area contributed by atoms with Gasteiger partial charge in [0, 0.05) is 5.41 Å². The number of ether oxygens (including phenoxy) is 1. The smallest absolute Gasteiger partial charge is 0.320 e. The quantitative estimate of drug-likeness (QED) is 0.284. The third kappa shape index (κ3) is 4.34. The van der Waals surface area contributed by atoms with Gasteiger partial charge < -0.3 is 10.1 Å². The molecule has 4 rings (SSSR count). The van der Waals surface area contributed by atoms with E-state index >= 15 is 0 Å². The summed E-state index contributed by atoms with van der Waals surface area (Å²) in [5.74, 6) is 2.11. The Morgan fingerprint density at radius 3 is 2.42 bits per heavy atom. The minimum atomic E-state index is -0.105. The lowest BCUT2D eigenvalue weighted by molar-refractivity contribution is -0.168. The van der Waals surface area contributed by atoms with Crippen molar-refractivity contribution in [3.8, 4) is 0 Å². The summed E-state index contributed by atoms with van der Waals surface area (Å²) in [6.07, 6.45) is 15.1. The molecule has 1 N–H and O–H groups in total. The summed E-state index contributed by atoms with van der Waals surface area (Å²) in [6.45, 7) is 20.0. The first-order chi connectivity index (χ1) is 16.8. The average molecular weight is 498 g/mol. The normalized spacial score (nSPS) is 40.1. The molecule has 0 aromatic carbocycles. The van der Waals surface area contributed by atoms with Crippen LogP contribution in [0.25, 0.3) is 0 Å². The molecule has 4 aliphatic carbocycles. The van der Waals surface area contributed by atoms with Gasteiger partial charge in [-0.15, -0.1) is 0 Å². The van der Waals surface area contributed by atoms with Crippen LogP contribution in [-0.2, 0) is 9.53 Å². The molecule has 0 amide bonds. The predicted molar refractivity (Wildman–Crippen MR) is 151 cm³/mol. The van der Waals surface area contributed by atoms with Gasteiger partial charge in [0.2, 0.25) is 0 Å². The Bertz CT molecular complexity index is 911. The highest BCUT2D eigenvalue weighted by Crippen LogP contribution is 2.72. The Hall–Kier alpha value is -1.09. The number of hydrogen-bond donors (Lipinski definition) is 1. The van der Waals surface area contributed by atoms with Crippen molar-refractivity contribution in [1.82, 2.24) is 5.32 Å². The molecule has 204 valence electrons. The van der Waals surface area contributed by atoms with Crippen molar-refractivity contribution >= 4 is 5.97 Å². The molecule has 3 nitrogen and oxygen atoms in total. The number of carbonyl (C=O) groups excluding carboxylic acids is 1. The first-order valence-electron chi connectivity index (χ1n) is 15.0. The van der Waals surface area contributed by atoms with Crippen LogP contribution in [0.5, 0.6) is 0 Å². The molecule has 0 saturated heterocycles. The molecular weight excluding hydrogens is 442 g/mol. The van der Waals surface area contributed by atoms with Gasteiger partial charge in [-0.1, -0.05) is 64.3 Å². The lowest BCUT2D eigenvalue weighted by Crippen LogP contribution is -2.56. The van der Waals surface area contributed by atoms with Gasteiger partial charge in [-0.25, -0.2) is 0 Å². The Labute approximate surface area is 222 Å². The minimum Gasteiger partial charge on any atom is -0.461 e. The Kier molecular flexibility index (Phi) is 7.68. The van der Waals surface area contributed by atoms with Crippen molar-refractivity contribution in [2.24, 2.45) is 39.4 Å². The standard InChI is InChI=1S/C33H55NO2/c1-22(2)11-10-12-23(3)24-15-19-33(8)26-13-14-27-30(4,5)28(36-29(35)21-34-9)17-18-31(27,6)25(26)16-20-32(24,33)7/h11,23-24,27-28,34H,10,12-21H2,1-9H3/t23-,24-,27?,28+,31-,32-,33+/m1/s1. The van der Waals surface area contributed by atoms with Gasteiger partial charge in [0.25, 0.3) is 0 Å². The molecule has 0 heterocycles. The van der Waals surface area contributed by atoms with Crippen molar-refractivity contribution in [3.63, 3.8) is 0 Å². The summed E-state index contributed by atoms with van der Waals surface area (Å²) in [7, 11) is 1.81. The maximum atomic E-state index is 12.4. The number of hydrogen-bond acceptors (Lipinski definition) is 3. The fourth-order valence-corrected chi connectivity index (χ4v) is 10.0. The maximum absolute atomic E-state index is 12.4.